The summed E-state index contributed by atoms with van der Waals surface area (Å²) in [4.78, 5) is 0. The molecule has 0 radical (unpaired) electrons. The minimum absolute atomic E-state index is 0.335. The first-order valence-electron chi connectivity index (χ1n) is 6.02. The van der Waals surface area contributed by atoms with Gasteiger partial charge < -0.3 is 14.8 Å². The highest BCUT2D eigenvalue weighted by Crippen LogP contribution is 2.32. The first kappa shape index (κ1) is 12.0. The van der Waals surface area contributed by atoms with Crippen LogP contribution in [0.2, 0.25) is 0 Å². The molecule has 17 heavy (non-hydrogen) atoms. The van der Waals surface area contributed by atoms with E-state index in [1.165, 1.54) is 5.56 Å². The Morgan fingerprint density at radius 3 is 3.06 bits per heavy atom. The molecule has 1 aromatic rings. The Labute approximate surface area is 102 Å². The summed E-state index contributed by atoms with van der Waals surface area (Å²) >= 11 is 0. The highest BCUT2D eigenvalue weighted by molar-refractivity contribution is 5.44. The van der Waals surface area contributed by atoms with Crippen LogP contribution < -0.4 is 14.8 Å². The summed E-state index contributed by atoms with van der Waals surface area (Å²) in [6.07, 6.45) is 4.13. The molecule has 0 bridgehead atoms. The number of nitrogens with one attached hydrogen (secondary N) is 1. The van der Waals surface area contributed by atoms with Gasteiger partial charge in [-0.2, -0.15) is 0 Å². The summed E-state index contributed by atoms with van der Waals surface area (Å²) in [7, 11) is 0. The predicted octanol–water partition coefficient (Wildman–Crippen LogP) is 2.86. The minimum atomic E-state index is 0.335. The van der Waals surface area contributed by atoms with Crippen LogP contribution in [0.25, 0.3) is 0 Å². The fourth-order valence-electron chi connectivity index (χ4n) is 1.81. The van der Waals surface area contributed by atoms with E-state index in [-0.39, 0.29) is 0 Å². The maximum atomic E-state index is 5.35. The van der Waals surface area contributed by atoms with Crippen molar-refractivity contribution in [3.8, 4) is 11.5 Å². The van der Waals surface area contributed by atoms with E-state index in [1.807, 2.05) is 18.2 Å². The quantitative estimate of drug-likeness (QED) is 0.766. The Bertz CT molecular complexity index is 390. The van der Waals surface area contributed by atoms with Crippen LogP contribution in [0.1, 0.15) is 25.3 Å². The van der Waals surface area contributed by atoms with Crippen LogP contribution in [0.4, 0.5) is 0 Å². The van der Waals surface area contributed by atoms with E-state index in [1.54, 1.807) is 0 Å². The molecule has 3 nitrogen and oxygen atoms in total. The average Bonchev–Trinajstić information content (AvgIpc) is 2.81. The largest absolute Gasteiger partial charge is 0.454 e. The van der Waals surface area contributed by atoms with Crippen molar-refractivity contribution >= 4 is 0 Å². The summed E-state index contributed by atoms with van der Waals surface area (Å²) in [6, 6.07) is 6.57. The molecule has 1 atom stereocenters. The standard InChI is InChI=1S/C14H19NO2/c1-3-4-5-11(2)15-9-12-6-7-13-14(8-12)17-10-16-13/h3,6-8,11,15H,1,4-5,9-10H2,2H3. The number of ether oxygens (including phenoxy) is 2. The zero-order chi connectivity index (χ0) is 12.1. The number of hydrogen-bond donors (Lipinski definition) is 1. The van der Waals surface area contributed by atoms with Gasteiger partial charge in [-0.1, -0.05) is 12.1 Å². The second-order valence-corrected chi connectivity index (χ2v) is 4.34. The van der Waals surface area contributed by atoms with Crippen LogP contribution in [0.5, 0.6) is 11.5 Å². The lowest BCUT2D eigenvalue weighted by Gasteiger charge is -2.12. The predicted molar refractivity (Wildman–Crippen MR) is 68.3 cm³/mol. The highest BCUT2D eigenvalue weighted by atomic mass is 16.7. The zero-order valence-electron chi connectivity index (χ0n) is 10.2. The second kappa shape index (κ2) is 5.73. The molecule has 2 rings (SSSR count). The molecule has 0 aliphatic carbocycles. The maximum absolute atomic E-state index is 5.35. The molecular formula is C14H19NO2. The van der Waals surface area contributed by atoms with Gasteiger partial charge in [-0.3, -0.25) is 0 Å². The molecule has 1 N–H and O–H groups in total. The van der Waals surface area contributed by atoms with Crippen LogP contribution in [-0.4, -0.2) is 12.8 Å². The highest BCUT2D eigenvalue weighted by Gasteiger charge is 2.13. The summed E-state index contributed by atoms with van der Waals surface area (Å²) in [5.74, 6) is 1.69. The Hall–Kier alpha value is -1.48. The molecule has 1 unspecified atom stereocenters. The fraction of sp³-hybridized carbons (Fsp3) is 0.429. The molecule has 0 aromatic heterocycles. The minimum Gasteiger partial charge on any atom is -0.454 e. The fourth-order valence-corrected chi connectivity index (χ4v) is 1.81. The lowest BCUT2D eigenvalue weighted by molar-refractivity contribution is 0.174. The van der Waals surface area contributed by atoms with Crippen LogP contribution >= 0.6 is 0 Å². The summed E-state index contributed by atoms with van der Waals surface area (Å²) in [6.45, 7) is 7.11. The molecule has 1 aromatic carbocycles. The van der Waals surface area contributed by atoms with Gasteiger partial charge in [-0.15, -0.1) is 6.58 Å². The van der Waals surface area contributed by atoms with E-state index < -0.39 is 0 Å². The number of hydrogen-bond acceptors (Lipinski definition) is 3. The van der Waals surface area contributed by atoms with E-state index in [0.29, 0.717) is 12.8 Å². The van der Waals surface area contributed by atoms with Gasteiger partial charge in [0.25, 0.3) is 0 Å². The van der Waals surface area contributed by atoms with Gasteiger partial charge in [0.15, 0.2) is 11.5 Å². The summed E-state index contributed by atoms with van der Waals surface area (Å²) in [5.41, 5.74) is 1.22. The SMILES string of the molecule is C=CCCC(C)NCc1ccc2c(c1)OCO2. The van der Waals surface area contributed by atoms with Crippen molar-refractivity contribution in [3.63, 3.8) is 0 Å². The van der Waals surface area contributed by atoms with Crippen molar-refractivity contribution in [3.05, 3.63) is 36.4 Å². The van der Waals surface area contributed by atoms with E-state index in [2.05, 4.69) is 24.9 Å². The number of rotatable bonds is 6. The van der Waals surface area contributed by atoms with Crippen LogP contribution in [-0.2, 0) is 6.54 Å². The molecule has 0 saturated heterocycles. The van der Waals surface area contributed by atoms with Crippen LogP contribution in [0.15, 0.2) is 30.9 Å². The third kappa shape index (κ3) is 3.24. The van der Waals surface area contributed by atoms with Crippen molar-refractivity contribution in [1.82, 2.24) is 5.32 Å². The monoisotopic (exact) mass is 233 g/mol. The Balaban J connectivity index is 1.84. The average molecular weight is 233 g/mol. The van der Waals surface area contributed by atoms with Gasteiger partial charge in [0.2, 0.25) is 6.79 Å². The molecule has 92 valence electrons. The van der Waals surface area contributed by atoms with E-state index in [0.717, 1.165) is 30.9 Å². The van der Waals surface area contributed by atoms with Gasteiger partial charge in [-0.25, -0.2) is 0 Å². The second-order valence-electron chi connectivity index (χ2n) is 4.34. The molecular weight excluding hydrogens is 214 g/mol. The van der Waals surface area contributed by atoms with Gasteiger partial charge >= 0.3 is 0 Å². The van der Waals surface area contributed by atoms with Gasteiger partial charge in [0.05, 0.1) is 0 Å². The third-order valence-electron chi connectivity index (χ3n) is 2.90. The first-order chi connectivity index (χ1) is 8.29. The molecule has 0 fully saturated rings. The molecule has 1 heterocycles. The van der Waals surface area contributed by atoms with Crippen LogP contribution in [0, 0.1) is 0 Å². The smallest absolute Gasteiger partial charge is 0.231 e. The van der Waals surface area contributed by atoms with Crippen molar-refractivity contribution in [2.75, 3.05) is 6.79 Å². The zero-order valence-corrected chi connectivity index (χ0v) is 10.2. The molecule has 0 spiro atoms. The van der Waals surface area contributed by atoms with Crippen molar-refractivity contribution in [2.45, 2.75) is 32.4 Å². The van der Waals surface area contributed by atoms with E-state index in [4.69, 9.17) is 9.47 Å². The lowest BCUT2D eigenvalue weighted by atomic mass is 10.1. The Morgan fingerprint density at radius 2 is 2.24 bits per heavy atom. The van der Waals surface area contributed by atoms with Crippen LogP contribution in [0.3, 0.4) is 0 Å². The van der Waals surface area contributed by atoms with Gasteiger partial charge in [0, 0.05) is 12.6 Å². The van der Waals surface area contributed by atoms with Crippen molar-refractivity contribution < 1.29 is 9.47 Å². The first-order valence-corrected chi connectivity index (χ1v) is 6.02. The summed E-state index contributed by atoms with van der Waals surface area (Å²) in [5, 5.41) is 3.48. The normalized spacial score (nSPS) is 14.6. The topological polar surface area (TPSA) is 30.5 Å². The Kier molecular flexibility index (Phi) is 4.04. The molecule has 0 saturated carbocycles. The summed E-state index contributed by atoms with van der Waals surface area (Å²) < 4.78 is 10.6. The Morgan fingerprint density at radius 1 is 1.41 bits per heavy atom. The molecule has 1 aliphatic rings. The third-order valence-corrected chi connectivity index (χ3v) is 2.90. The number of benzene rings is 1. The van der Waals surface area contributed by atoms with Crippen molar-refractivity contribution in [2.24, 2.45) is 0 Å². The lowest BCUT2D eigenvalue weighted by Crippen LogP contribution is -2.25. The molecule has 0 amide bonds. The van der Waals surface area contributed by atoms with Gasteiger partial charge in [-0.05, 0) is 37.5 Å². The number of fused-ring (bicyclic) bond motifs is 1. The molecule has 3 heteroatoms. The molecule has 1 aliphatic heterocycles. The van der Waals surface area contributed by atoms with E-state index >= 15 is 0 Å². The van der Waals surface area contributed by atoms with E-state index in [9.17, 15) is 0 Å². The maximum Gasteiger partial charge on any atom is 0.231 e. The van der Waals surface area contributed by atoms with Gasteiger partial charge in [0.1, 0.15) is 0 Å². The van der Waals surface area contributed by atoms with Crippen molar-refractivity contribution in [1.29, 1.82) is 0 Å². The number of allylic oxidation sites excluding steroid dienone is 1.